The van der Waals surface area contributed by atoms with Crippen LogP contribution < -0.4 is 10.6 Å². The number of nitrogens with one attached hydrogen (secondary N) is 2. The van der Waals surface area contributed by atoms with E-state index in [-0.39, 0.29) is 11.5 Å². The topological polar surface area (TPSA) is 98.3 Å². The smallest absolute Gasteiger partial charge is 0.241 e. The van der Waals surface area contributed by atoms with Crippen molar-refractivity contribution in [3.63, 3.8) is 0 Å². The van der Waals surface area contributed by atoms with Crippen LogP contribution in [0, 0.1) is 11.3 Å². The van der Waals surface area contributed by atoms with Crippen molar-refractivity contribution in [2.24, 2.45) is 0 Å². The Bertz CT molecular complexity index is 863. The Hall–Kier alpha value is -1.88. The molecule has 1 aliphatic heterocycles. The number of nitriles is 1. The fraction of sp³-hybridized carbons (Fsp3) is 0.611. The number of β-amino-alcohol motifs (C(OH)–C–C–N with tert-alkyl or cyclic N) is 1. The van der Waals surface area contributed by atoms with Gasteiger partial charge in [-0.2, -0.15) is 5.26 Å². The Kier molecular flexibility index (Phi) is 4.51. The van der Waals surface area contributed by atoms with Gasteiger partial charge in [0.05, 0.1) is 34.6 Å². The van der Waals surface area contributed by atoms with Crippen LogP contribution in [-0.4, -0.2) is 44.9 Å². The third kappa shape index (κ3) is 2.64. The lowest BCUT2D eigenvalue weighted by molar-refractivity contribution is 0.128. The SMILES string of the molecule is CCC1(c2c(C#N)c(Cl)c3cnc(N[C@@H]4CCNC[C@@H]4O)nn23)CCC1. The number of aliphatic hydroxyl groups excluding tert-OH is 1. The van der Waals surface area contributed by atoms with E-state index >= 15 is 0 Å². The second kappa shape index (κ2) is 6.69. The van der Waals surface area contributed by atoms with Crippen molar-refractivity contribution in [3.05, 3.63) is 22.5 Å². The Labute approximate surface area is 157 Å². The maximum absolute atomic E-state index is 10.1. The van der Waals surface area contributed by atoms with E-state index < -0.39 is 6.10 Å². The average molecular weight is 375 g/mol. The summed E-state index contributed by atoms with van der Waals surface area (Å²) in [4.78, 5) is 4.37. The van der Waals surface area contributed by atoms with Crippen molar-refractivity contribution in [2.75, 3.05) is 18.4 Å². The van der Waals surface area contributed by atoms with Gasteiger partial charge in [0.25, 0.3) is 0 Å². The Morgan fingerprint density at radius 3 is 2.96 bits per heavy atom. The molecular formula is C18H23ClN6O. The van der Waals surface area contributed by atoms with Gasteiger partial charge in [-0.05, 0) is 32.2 Å². The highest BCUT2D eigenvalue weighted by molar-refractivity contribution is 6.35. The summed E-state index contributed by atoms with van der Waals surface area (Å²) in [7, 11) is 0. The Morgan fingerprint density at radius 1 is 1.54 bits per heavy atom. The van der Waals surface area contributed by atoms with Crippen LogP contribution in [0.5, 0.6) is 0 Å². The van der Waals surface area contributed by atoms with Crippen molar-refractivity contribution in [2.45, 2.75) is 56.6 Å². The highest BCUT2D eigenvalue weighted by Crippen LogP contribution is 2.49. The summed E-state index contributed by atoms with van der Waals surface area (Å²) in [5.41, 5.74) is 2.04. The molecule has 2 aromatic heterocycles. The van der Waals surface area contributed by atoms with E-state index in [9.17, 15) is 10.4 Å². The van der Waals surface area contributed by atoms with E-state index in [2.05, 4.69) is 33.7 Å². The number of hydrogen-bond acceptors (Lipinski definition) is 6. The predicted octanol–water partition coefficient (Wildman–Crippen LogP) is 2.22. The second-order valence-electron chi connectivity index (χ2n) is 7.33. The van der Waals surface area contributed by atoms with E-state index in [0.717, 1.165) is 44.3 Å². The zero-order valence-corrected chi connectivity index (χ0v) is 15.6. The molecule has 0 bridgehead atoms. The molecule has 7 nitrogen and oxygen atoms in total. The zero-order chi connectivity index (χ0) is 18.3. The van der Waals surface area contributed by atoms with Gasteiger partial charge in [-0.3, -0.25) is 0 Å². The van der Waals surface area contributed by atoms with Crippen LogP contribution in [0.2, 0.25) is 5.02 Å². The first-order valence-electron chi connectivity index (χ1n) is 9.23. The largest absolute Gasteiger partial charge is 0.390 e. The lowest BCUT2D eigenvalue weighted by Crippen LogP contribution is -2.48. The number of piperidine rings is 1. The number of aliphatic hydroxyl groups is 1. The molecule has 4 rings (SSSR count). The number of nitrogens with zero attached hydrogens (tertiary/aromatic N) is 4. The van der Waals surface area contributed by atoms with Crippen molar-refractivity contribution >= 4 is 23.1 Å². The summed E-state index contributed by atoms with van der Waals surface area (Å²) in [6.45, 7) is 3.55. The van der Waals surface area contributed by atoms with E-state index in [1.165, 1.54) is 0 Å². The van der Waals surface area contributed by atoms with Crippen molar-refractivity contribution in [1.82, 2.24) is 19.9 Å². The van der Waals surface area contributed by atoms with E-state index in [0.29, 0.717) is 28.6 Å². The molecule has 2 fully saturated rings. The molecular weight excluding hydrogens is 352 g/mol. The summed E-state index contributed by atoms with van der Waals surface area (Å²) >= 11 is 6.48. The third-order valence-corrected chi connectivity index (χ3v) is 6.37. The summed E-state index contributed by atoms with van der Waals surface area (Å²) in [6, 6.07) is 2.19. The Balaban J connectivity index is 1.78. The maximum Gasteiger partial charge on any atom is 0.241 e. The molecule has 8 heteroatoms. The molecule has 0 unspecified atom stereocenters. The number of rotatable bonds is 4. The van der Waals surface area contributed by atoms with Crippen LogP contribution in [-0.2, 0) is 5.41 Å². The van der Waals surface area contributed by atoms with Gasteiger partial charge in [0.15, 0.2) is 0 Å². The first-order valence-corrected chi connectivity index (χ1v) is 9.60. The maximum atomic E-state index is 10.1. The fourth-order valence-corrected chi connectivity index (χ4v) is 4.47. The molecule has 2 aromatic rings. The van der Waals surface area contributed by atoms with Gasteiger partial charge in [0, 0.05) is 12.0 Å². The lowest BCUT2D eigenvalue weighted by atomic mass is 9.64. The number of anilines is 1. The third-order valence-electron chi connectivity index (χ3n) is 5.99. The van der Waals surface area contributed by atoms with Crippen LogP contribution >= 0.6 is 11.6 Å². The van der Waals surface area contributed by atoms with Gasteiger partial charge in [-0.15, -0.1) is 5.10 Å². The fourth-order valence-electron chi connectivity index (χ4n) is 4.21. The molecule has 0 spiro atoms. The minimum atomic E-state index is -0.487. The molecule has 3 heterocycles. The molecule has 0 amide bonds. The molecule has 0 aromatic carbocycles. The van der Waals surface area contributed by atoms with Gasteiger partial charge >= 0.3 is 0 Å². The lowest BCUT2D eigenvalue weighted by Gasteiger charge is -2.41. The summed E-state index contributed by atoms with van der Waals surface area (Å²) in [5.74, 6) is 0.450. The van der Waals surface area contributed by atoms with Crippen molar-refractivity contribution in [3.8, 4) is 6.07 Å². The molecule has 2 aliphatic rings. The Morgan fingerprint density at radius 2 is 2.35 bits per heavy atom. The van der Waals surface area contributed by atoms with Crippen molar-refractivity contribution < 1.29 is 5.11 Å². The van der Waals surface area contributed by atoms with Crippen LogP contribution in [0.25, 0.3) is 5.52 Å². The molecule has 138 valence electrons. The van der Waals surface area contributed by atoms with E-state index in [1.807, 2.05) is 0 Å². The van der Waals surface area contributed by atoms with Gasteiger partial charge in [-0.1, -0.05) is 24.9 Å². The van der Waals surface area contributed by atoms with Crippen LogP contribution in [0.1, 0.15) is 50.3 Å². The summed E-state index contributed by atoms with van der Waals surface area (Å²) in [6.07, 6.45) is 6.16. The zero-order valence-electron chi connectivity index (χ0n) is 14.8. The van der Waals surface area contributed by atoms with Crippen LogP contribution in [0.4, 0.5) is 5.95 Å². The van der Waals surface area contributed by atoms with Crippen LogP contribution in [0.15, 0.2) is 6.20 Å². The molecule has 1 saturated heterocycles. The normalized spacial score (nSPS) is 24.8. The van der Waals surface area contributed by atoms with Crippen molar-refractivity contribution in [1.29, 1.82) is 5.26 Å². The van der Waals surface area contributed by atoms with Gasteiger partial charge < -0.3 is 15.7 Å². The number of halogens is 1. The molecule has 3 N–H and O–H groups in total. The number of hydrogen-bond donors (Lipinski definition) is 3. The predicted molar refractivity (Wildman–Crippen MR) is 99.4 cm³/mol. The molecule has 1 aliphatic carbocycles. The van der Waals surface area contributed by atoms with E-state index in [1.54, 1.807) is 10.7 Å². The summed E-state index contributed by atoms with van der Waals surface area (Å²) in [5, 5.41) is 31.3. The molecule has 26 heavy (non-hydrogen) atoms. The number of aromatic nitrogens is 3. The van der Waals surface area contributed by atoms with E-state index in [4.69, 9.17) is 11.6 Å². The van der Waals surface area contributed by atoms with Gasteiger partial charge in [-0.25, -0.2) is 9.50 Å². The highest BCUT2D eigenvalue weighted by atomic mass is 35.5. The van der Waals surface area contributed by atoms with Crippen LogP contribution in [0.3, 0.4) is 0 Å². The van der Waals surface area contributed by atoms with Gasteiger partial charge in [0.1, 0.15) is 11.6 Å². The quantitative estimate of drug-likeness (QED) is 0.759. The first kappa shape index (κ1) is 17.5. The number of fused-ring (bicyclic) bond motifs is 1. The first-order chi connectivity index (χ1) is 12.6. The summed E-state index contributed by atoms with van der Waals surface area (Å²) < 4.78 is 1.80. The molecule has 2 atom stereocenters. The van der Waals surface area contributed by atoms with Gasteiger partial charge in [0.2, 0.25) is 5.95 Å². The monoisotopic (exact) mass is 374 g/mol. The average Bonchev–Trinajstić information content (AvgIpc) is 2.89. The second-order valence-corrected chi connectivity index (χ2v) is 7.70. The molecule has 1 saturated carbocycles. The standard InChI is InChI=1S/C18H23ClN6O/c1-2-18(5-3-6-18)16-11(8-20)15(19)13-9-22-17(24-25(13)16)23-12-4-7-21-10-14(12)26/h9,12,14,21,26H,2-7,10H2,1H3,(H,23,24)/t12-,14+/m1/s1. The minimum absolute atomic E-state index is 0.0407. The highest BCUT2D eigenvalue weighted by Gasteiger charge is 2.42. The minimum Gasteiger partial charge on any atom is -0.390 e. The molecule has 0 radical (unpaired) electrons.